The number of nitrogens with one attached hydrogen (secondary N) is 1. The number of halogens is 1. The van der Waals surface area contributed by atoms with Gasteiger partial charge in [0.05, 0.1) is 29.5 Å². The molecular weight excluding hydrogens is 448 g/mol. The zero-order valence-corrected chi connectivity index (χ0v) is 19.1. The van der Waals surface area contributed by atoms with Gasteiger partial charge in [-0.05, 0) is 56.7 Å². The van der Waals surface area contributed by atoms with Gasteiger partial charge in [-0.3, -0.25) is 9.59 Å². The Kier molecular flexibility index (Phi) is 7.50. The van der Waals surface area contributed by atoms with Crippen molar-refractivity contribution in [3.05, 3.63) is 70.4 Å². The van der Waals surface area contributed by atoms with Crippen molar-refractivity contribution in [3.63, 3.8) is 0 Å². The van der Waals surface area contributed by atoms with E-state index < -0.39 is 23.8 Å². The Balaban J connectivity index is 1.83. The van der Waals surface area contributed by atoms with Gasteiger partial charge in [0, 0.05) is 5.69 Å². The van der Waals surface area contributed by atoms with Gasteiger partial charge in [0.25, 0.3) is 11.8 Å². The first-order valence-electron chi connectivity index (χ1n) is 10.4. The number of hydrogen-bond acceptors (Lipinski definition) is 7. The number of ether oxygens (including phenoxy) is 2. The third-order valence-corrected chi connectivity index (χ3v) is 4.91. The van der Waals surface area contributed by atoms with E-state index >= 15 is 0 Å². The summed E-state index contributed by atoms with van der Waals surface area (Å²) in [5.74, 6) is -2.60. The normalized spacial score (nSPS) is 13.5. The molecule has 0 atom stereocenters. The summed E-state index contributed by atoms with van der Waals surface area (Å²) in [6.07, 6.45) is 0.375. The number of carbonyl (C=O) groups excluding carboxylic acids is 4. The van der Waals surface area contributed by atoms with E-state index in [1.54, 1.807) is 38.1 Å². The van der Waals surface area contributed by atoms with Gasteiger partial charge in [-0.25, -0.2) is 14.5 Å². The van der Waals surface area contributed by atoms with Gasteiger partial charge in [-0.1, -0.05) is 30.7 Å². The van der Waals surface area contributed by atoms with Crippen LogP contribution < -0.4 is 10.2 Å². The number of hydrogen-bond donors (Lipinski definition) is 1. The van der Waals surface area contributed by atoms with Crippen LogP contribution in [0.25, 0.3) is 0 Å². The number of benzene rings is 2. The van der Waals surface area contributed by atoms with Crippen LogP contribution in [0.5, 0.6) is 0 Å². The second kappa shape index (κ2) is 10.3. The highest BCUT2D eigenvalue weighted by atomic mass is 35.5. The van der Waals surface area contributed by atoms with Gasteiger partial charge in [-0.2, -0.15) is 0 Å². The minimum Gasteiger partial charge on any atom is -0.462 e. The van der Waals surface area contributed by atoms with E-state index in [0.717, 1.165) is 4.90 Å². The van der Waals surface area contributed by atoms with Gasteiger partial charge in [0.15, 0.2) is 0 Å². The van der Waals surface area contributed by atoms with Gasteiger partial charge in [0.1, 0.15) is 10.7 Å². The number of carbonyl (C=O) groups is 4. The molecule has 0 fully saturated rings. The minimum atomic E-state index is -0.767. The number of esters is 2. The van der Waals surface area contributed by atoms with Crippen molar-refractivity contribution in [1.29, 1.82) is 0 Å². The molecule has 1 N–H and O–H groups in total. The molecular formula is C24H23ClN2O6. The molecule has 1 aliphatic rings. The quantitative estimate of drug-likeness (QED) is 0.454. The Bertz CT molecular complexity index is 1120. The molecule has 8 nitrogen and oxygen atoms in total. The summed E-state index contributed by atoms with van der Waals surface area (Å²) in [5.41, 5.74) is 0.782. The lowest BCUT2D eigenvalue weighted by atomic mass is 10.1. The fraction of sp³-hybridized carbons (Fsp3) is 0.250. The van der Waals surface area contributed by atoms with Crippen LogP contribution in [-0.2, 0) is 19.1 Å². The molecule has 1 heterocycles. The predicted octanol–water partition coefficient (Wildman–Crippen LogP) is 4.25. The number of imide groups is 1. The number of para-hydroxylation sites is 1. The maximum absolute atomic E-state index is 13.1. The predicted molar refractivity (Wildman–Crippen MR) is 123 cm³/mol. The molecule has 0 saturated heterocycles. The molecule has 33 heavy (non-hydrogen) atoms. The average molecular weight is 471 g/mol. The number of anilines is 2. The summed E-state index contributed by atoms with van der Waals surface area (Å²) in [5, 5.41) is 2.51. The van der Waals surface area contributed by atoms with Crippen molar-refractivity contribution < 1.29 is 28.7 Å². The molecule has 2 aromatic carbocycles. The first kappa shape index (κ1) is 24.0. The lowest BCUT2D eigenvalue weighted by Gasteiger charge is -2.18. The Morgan fingerprint density at radius 1 is 1.00 bits per heavy atom. The molecule has 0 spiro atoms. The summed E-state index contributed by atoms with van der Waals surface area (Å²) >= 11 is 6.19. The highest BCUT2D eigenvalue weighted by Crippen LogP contribution is 2.32. The van der Waals surface area contributed by atoms with E-state index in [1.807, 2.05) is 6.92 Å². The highest BCUT2D eigenvalue weighted by molar-refractivity contribution is 6.53. The Hall–Kier alpha value is -3.65. The lowest BCUT2D eigenvalue weighted by molar-refractivity contribution is -0.120. The van der Waals surface area contributed by atoms with E-state index in [-0.39, 0.29) is 34.7 Å². The molecule has 0 radical (unpaired) electrons. The maximum Gasteiger partial charge on any atom is 0.340 e. The number of nitrogens with zero attached hydrogens (tertiary/aromatic N) is 1. The van der Waals surface area contributed by atoms with Gasteiger partial charge in [-0.15, -0.1) is 0 Å². The fourth-order valence-electron chi connectivity index (χ4n) is 3.06. The van der Waals surface area contributed by atoms with E-state index in [4.69, 9.17) is 21.1 Å². The zero-order valence-electron chi connectivity index (χ0n) is 18.4. The van der Waals surface area contributed by atoms with E-state index in [0.29, 0.717) is 17.7 Å². The molecule has 0 saturated carbocycles. The van der Waals surface area contributed by atoms with Crippen LogP contribution >= 0.6 is 11.6 Å². The second-order valence-electron chi connectivity index (χ2n) is 7.44. The second-order valence-corrected chi connectivity index (χ2v) is 7.82. The largest absolute Gasteiger partial charge is 0.462 e. The molecule has 0 bridgehead atoms. The van der Waals surface area contributed by atoms with E-state index in [1.165, 1.54) is 24.3 Å². The summed E-state index contributed by atoms with van der Waals surface area (Å²) in [4.78, 5) is 51.2. The van der Waals surface area contributed by atoms with Crippen LogP contribution in [0.4, 0.5) is 11.4 Å². The molecule has 2 amide bonds. The van der Waals surface area contributed by atoms with E-state index in [9.17, 15) is 19.2 Å². The molecule has 0 unspecified atom stereocenters. The summed E-state index contributed by atoms with van der Waals surface area (Å²) in [6, 6.07) is 12.3. The average Bonchev–Trinajstić information content (AvgIpc) is 3.00. The highest BCUT2D eigenvalue weighted by Gasteiger charge is 2.40. The van der Waals surface area contributed by atoms with Crippen molar-refractivity contribution in [2.45, 2.75) is 33.3 Å². The molecule has 2 aromatic rings. The molecule has 1 aliphatic heterocycles. The first-order valence-corrected chi connectivity index (χ1v) is 10.7. The molecule has 0 aromatic heterocycles. The Morgan fingerprint density at radius 3 is 2.30 bits per heavy atom. The van der Waals surface area contributed by atoms with Gasteiger partial charge in [0.2, 0.25) is 0 Å². The zero-order chi connectivity index (χ0) is 24.1. The SMILES string of the molecule is CCCOC(=O)c1ccccc1N1C(=O)C(Cl)=C(Nc2ccc(C(=O)OC(C)C)cc2)C1=O. The van der Waals surface area contributed by atoms with Crippen molar-refractivity contribution in [3.8, 4) is 0 Å². The van der Waals surface area contributed by atoms with Crippen molar-refractivity contribution in [1.82, 2.24) is 0 Å². The maximum atomic E-state index is 13.1. The Labute approximate surface area is 196 Å². The third kappa shape index (κ3) is 5.23. The lowest BCUT2D eigenvalue weighted by Crippen LogP contribution is -2.33. The van der Waals surface area contributed by atoms with Gasteiger partial charge < -0.3 is 14.8 Å². The number of amides is 2. The van der Waals surface area contributed by atoms with Gasteiger partial charge >= 0.3 is 11.9 Å². The molecule has 0 aliphatic carbocycles. The molecule has 9 heteroatoms. The smallest absolute Gasteiger partial charge is 0.340 e. The van der Waals surface area contributed by atoms with Crippen LogP contribution in [-0.4, -0.2) is 36.5 Å². The number of rotatable bonds is 8. The minimum absolute atomic E-state index is 0.0754. The van der Waals surface area contributed by atoms with Crippen molar-refractivity contribution in [2.24, 2.45) is 0 Å². The molecule has 172 valence electrons. The summed E-state index contributed by atoms with van der Waals surface area (Å²) in [7, 11) is 0. The van der Waals surface area contributed by atoms with E-state index in [2.05, 4.69) is 5.32 Å². The van der Waals surface area contributed by atoms with Crippen LogP contribution in [0.3, 0.4) is 0 Å². The monoisotopic (exact) mass is 470 g/mol. The van der Waals surface area contributed by atoms with Crippen LogP contribution in [0.15, 0.2) is 59.3 Å². The fourth-order valence-corrected chi connectivity index (χ4v) is 3.27. The summed E-state index contributed by atoms with van der Waals surface area (Å²) in [6.45, 7) is 5.56. The first-order chi connectivity index (χ1) is 15.7. The third-order valence-electron chi connectivity index (χ3n) is 4.56. The van der Waals surface area contributed by atoms with Crippen molar-refractivity contribution in [2.75, 3.05) is 16.8 Å². The van der Waals surface area contributed by atoms with Crippen LogP contribution in [0.1, 0.15) is 47.9 Å². The van der Waals surface area contributed by atoms with Crippen LogP contribution in [0, 0.1) is 0 Å². The molecule has 3 rings (SSSR count). The van der Waals surface area contributed by atoms with Crippen LogP contribution in [0.2, 0.25) is 0 Å². The standard InChI is InChI=1S/C24H23ClN2O6/c1-4-13-32-24(31)17-7-5-6-8-18(17)27-21(28)19(25)20(22(27)29)26-16-11-9-15(10-12-16)23(30)33-14(2)3/h5-12,14,26H,4,13H2,1-3H3. The van der Waals surface area contributed by atoms with Crippen molar-refractivity contribution >= 4 is 46.7 Å². The Morgan fingerprint density at radius 2 is 1.67 bits per heavy atom. The summed E-state index contributed by atoms with van der Waals surface area (Å²) < 4.78 is 10.3. The topological polar surface area (TPSA) is 102 Å².